The molecule has 4 nitrogen and oxygen atoms in total. The summed E-state index contributed by atoms with van der Waals surface area (Å²) in [5.74, 6) is -0.0544. The van der Waals surface area contributed by atoms with E-state index < -0.39 is 0 Å². The highest BCUT2D eigenvalue weighted by atomic mass is 127. The Kier molecular flexibility index (Phi) is 7.36. The quantitative estimate of drug-likeness (QED) is 0.299. The fourth-order valence-corrected chi connectivity index (χ4v) is 4.76. The van der Waals surface area contributed by atoms with E-state index in [0.29, 0.717) is 15.9 Å². The molecule has 0 aliphatic carbocycles. The lowest BCUT2D eigenvalue weighted by molar-refractivity contribution is -0.121. The van der Waals surface area contributed by atoms with Crippen LogP contribution in [0, 0.1) is 3.57 Å². The molecule has 146 valence electrons. The molecule has 0 unspecified atom stereocenters. The van der Waals surface area contributed by atoms with Gasteiger partial charge in [0.1, 0.15) is 4.32 Å². The average Bonchev–Trinajstić information content (AvgIpc) is 2.96. The lowest BCUT2D eigenvalue weighted by Gasteiger charge is -2.20. The molecular formula is C21H22IN3OS2. The number of benzene rings is 2. The second kappa shape index (κ2) is 9.76. The Morgan fingerprint density at radius 3 is 2.46 bits per heavy atom. The van der Waals surface area contributed by atoms with Gasteiger partial charge in [-0.25, -0.2) is 0 Å². The molecule has 1 N–H and O–H groups in total. The summed E-state index contributed by atoms with van der Waals surface area (Å²) in [7, 11) is 0. The van der Waals surface area contributed by atoms with E-state index in [9.17, 15) is 4.79 Å². The van der Waals surface area contributed by atoms with E-state index in [1.165, 1.54) is 17.4 Å². The van der Waals surface area contributed by atoms with Crippen molar-refractivity contribution < 1.29 is 4.79 Å². The second-order valence-electron chi connectivity index (χ2n) is 6.19. The van der Waals surface area contributed by atoms with Crippen LogP contribution in [0.2, 0.25) is 0 Å². The highest BCUT2D eigenvalue weighted by Crippen LogP contribution is 2.33. The molecule has 0 bridgehead atoms. The maximum atomic E-state index is 12.8. The summed E-state index contributed by atoms with van der Waals surface area (Å²) in [5.41, 5.74) is 3.19. The van der Waals surface area contributed by atoms with Crippen LogP contribution in [0.25, 0.3) is 6.08 Å². The van der Waals surface area contributed by atoms with E-state index in [0.717, 1.165) is 27.9 Å². The predicted octanol–water partition coefficient (Wildman–Crippen LogP) is 5.41. The van der Waals surface area contributed by atoms with E-state index in [4.69, 9.17) is 12.2 Å². The van der Waals surface area contributed by atoms with E-state index in [1.54, 1.807) is 4.90 Å². The third-order valence-corrected chi connectivity index (χ3v) is 6.81. The molecular weight excluding hydrogens is 501 g/mol. The number of thiocarbonyl (C=S) groups is 1. The minimum atomic E-state index is -0.0544. The Morgan fingerprint density at radius 1 is 1.14 bits per heavy atom. The third-order valence-electron chi connectivity index (χ3n) is 4.49. The van der Waals surface area contributed by atoms with Crippen molar-refractivity contribution in [3.05, 3.63) is 62.6 Å². The molecule has 0 radical (unpaired) electrons. The van der Waals surface area contributed by atoms with Crippen molar-refractivity contribution in [3.63, 3.8) is 0 Å². The summed E-state index contributed by atoms with van der Waals surface area (Å²) >= 11 is 9.05. The number of thioether (sulfide) groups is 1. The molecule has 28 heavy (non-hydrogen) atoms. The number of amides is 1. The minimum Gasteiger partial charge on any atom is -0.372 e. The number of carbonyl (C=O) groups excluding carboxylic acids is 1. The van der Waals surface area contributed by atoms with Gasteiger partial charge in [0.15, 0.2) is 0 Å². The molecule has 0 saturated carbocycles. The molecule has 0 aromatic heterocycles. The summed E-state index contributed by atoms with van der Waals surface area (Å²) in [6, 6.07) is 16.3. The van der Waals surface area contributed by atoms with Crippen molar-refractivity contribution in [1.82, 2.24) is 4.90 Å². The van der Waals surface area contributed by atoms with Crippen LogP contribution in [0.15, 0.2) is 53.4 Å². The van der Waals surface area contributed by atoms with Gasteiger partial charge in [0, 0.05) is 28.0 Å². The number of hydrogen-bond donors (Lipinski definition) is 1. The van der Waals surface area contributed by atoms with Gasteiger partial charge in [-0.1, -0.05) is 48.2 Å². The molecule has 7 heteroatoms. The molecule has 1 saturated heterocycles. The number of para-hydroxylation sites is 1. The van der Waals surface area contributed by atoms with Gasteiger partial charge >= 0.3 is 0 Å². The Hall–Kier alpha value is -1.58. The summed E-state index contributed by atoms with van der Waals surface area (Å²) < 4.78 is 1.68. The van der Waals surface area contributed by atoms with Gasteiger partial charge in [-0.15, -0.1) is 0 Å². The maximum Gasteiger partial charge on any atom is 0.267 e. The van der Waals surface area contributed by atoms with Gasteiger partial charge in [-0.05, 0) is 72.3 Å². The summed E-state index contributed by atoms with van der Waals surface area (Å²) in [4.78, 5) is 17.4. The van der Waals surface area contributed by atoms with Crippen molar-refractivity contribution >= 4 is 74.2 Å². The molecule has 2 aromatic rings. The van der Waals surface area contributed by atoms with E-state index in [1.807, 2.05) is 42.5 Å². The van der Waals surface area contributed by atoms with Crippen LogP contribution in [0.1, 0.15) is 19.4 Å². The van der Waals surface area contributed by atoms with Gasteiger partial charge in [-0.2, -0.15) is 0 Å². The first-order valence-corrected chi connectivity index (χ1v) is 11.4. The van der Waals surface area contributed by atoms with Crippen LogP contribution < -0.4 is 10.2 Å². The average molecular weight is 523 g/mol. The summed E-state index contributed by atoms with van der Waals surface area (Å²) in [6.45, 7) is 6.60. The van der Waals surface area contributed by atoms with Gasteiger partial charge in [0.2, 0.25) is 0 Å². The van der Waals surface area contributed by atoms with Crippen LogP contribution in [-0.4, -0.2) is 34.9 Å². The molecule has 1 aliphatic rings. The highest BCUT2D eigenvalue weighted by Gasteiger charge is 2.31. The first kappa shape index (κ1) is 21.1. The van der Waals surface area contributed by atoms with Crippen molar-refractivity contribution in [2.75, 3.05) is 30.0 Å². The normalized spacial score (nSPS) is 15.4. The van der Waals surface area contributed by atoms with Crippen LogP contribution in [-0.2, 0) is 4.79 Å². The van der Waals surface area contributed by atoms with Crippen molar-refractivity contribution in [2.24, 2.45) is 0 Å². The Bertz CT molecular complexity index is 895. The topological polar surface area (TPSA) is 35.6 Å². The fourth-order valence-electron chi connectivity index (χ4n) is 2.93. The molecule has 3 rings (SSSR count). The molecule has 1 amide bonds. The molecule has 1 fully saturated rings. The largest absolute Gasteiger partial charge is 0.372 e. The van der Waals surface area contributed by atoms with Crippen LogP contribution >= 0.6 is 46.6 Å². The Labute approximate surface area is 189 Å². The zero-order valence-electron chi connectivity index (χ0n) is 15.8. The molecule has 1 aliphatic heterocycles. The second-order valence-corrected chi connectivity index (χ2v) is 9.03. The van der Waals surface area contributed by atoms with Crippen LogP contribution in [0.5, 0.6) is 0 Å². The molecule has 0 atom stereocenters. The van der Waals surface area contributed by atoms with Crippen LogP contribution in [0.4, 0.5) is 11.4 Å². The zero-order chi connectivity index (χ0) is 20.1. The molecule has 1 heterocycles. The predicted molar refractivity (Wildman–Crippen MR) is 133 cm³/mol. The van der Waals surface area contributed by atoms with Crippen molar-refractivity contribution in [3.8, 4) is 0 Å². The molecule has 2 aromatic carbocycles. The first-order valence-electron chi connectivity index (χ1n) is 9.12. The summed E-state index contributed by atoms with van der Waals surface area (Å²) in [5, 5.41) is 3.30. The van der Waals surface area contributed by atoms with E-state index in [-0.39, 0.29) is 5.91 Å². The number of rotatable bonds is 7. The molecule has 0 spiro atoms. The van der Waals surface area contributed by atoms with Crippen molar-refractivity contribution in [2.45, 2.75) is 13.8 Å². The fraction of sp³-hybridized carbons (Fsp3) is 0.238. The standard InChI is InChI=1S/C21H22IN3OS2/c1-3-24(4-2)16-11-9-15(10-12-16)13-19-20(26)25(21(27)28-19)14-23-18-8-6-5-7-17(18)22/h5-13,23H,3-4,14H2,1-2H3/b19-13-. The smallest absolute Gasteiger partial charge is 0.267 e. The lowest BCUT2D eigenvalue weighted by atomic mass is 10.1. The number of nitrogens with zero attached hydrogens (tertiary/aromatic N) is 2. The van der Waals surface area contributed by atoms with Gasteiger partial charge in [-0.3, -0.25) is 9.69 Å². The number of anilines is 2. The number of nitrogens with one attached hydrogen (secondary N) is 1. The number of halogens is 1. The SMILES string of the molecule is CCN(CC)c1ccc(/C=C2\SC(=S)N(CNc3ccccc3I)C2=O)cc1. The Morgan fingerprint density at radius 2 is 1.82 bits per heavy atom. The van der Waals surface area contributed by atoms with Gasteiger partial charge < -0.3 is 10.2 Å². The van der Waals surface area contributed by atoms with E-state index in [2.05, 4.69) is 58.8 Å². The maximum absolute atomic E-state index is 12.8. The van der Waals surface area contributed by atoms with Gasteiger partial charge in [0.25, 0.3) is 5.91 Å². The van der Waals surface area contributed by atoms with Crippen molar-refractivity contribution in [1.29, 1.82) is 0 Å². The first-order chi connectivity index (χ1) is 13.5. The zero-order valence-corrected chi connectivity index (χ0v) is 19.6. The third kappa shape index (κ3) is 4.87. The highest BCUT2D eigenvalue weighted by molar-refractivity contribution is 14.1. The minimum absolute atomic E-state index is 0.0544. The summed E-state index contributed by atoms with van der Waals surface area (Å²) in [6.07, 6.45) is 1.91. The Balaban J connectivity index is 1.69. The van der Waals surface area contributed by atoms with E-state index >= 15 is 0 Å². The lowest BCUT2D eigenvalue weighted by Crippen LogP contribution is -2.33. The number of hydrogen-bond acceptors (Lipinski definition) is 5. The van der Waals surface area contributed by atoms with Crippen LogP contribution in [0.3, 0.4) is 0 Å². The van der Waals surface area contributed by atoms with Gasteiger partial charge in [0.05, 0.1) is 11.6 Å². The number of carbonyl (C=O) groups is 1. The monoisotopic (exact) mass is 523 g/mol.